The number of amides is 3. The summed E-state index contributed by atoms with van der Waals surface area (Å²) < 4.78 is 42.5. The van der Waals surface area contributed by atoms with Gasteiger partial charge in [-0.3, -0.25) is 29.7 Å². The van der Waals surface area contributed by atoms with E-state index in [1.54, 1.807) is 34.5 Å². The standard InChI is InChI=1S/C26H32F2N6O4.CH3NO.CH2O2/c1-18(2)16-37-17-20-15-34(26(36)38-20)19-12-21(27)25(22(28)13-19)33-10-8-32(9-11-33)24(35)4-3-6-31-7-5-30-14-23(31)29;2*2-1-3/h3,5-7,12-14,18,20,29H,4,8-11,15-17H2,1-2H3;1H,(H2,2,3);1H,(H,2,3)/b6-3+,29-23?;;. The molecule has 2 aromatic rings. The van der Waals surface area contributed by atoms with Crippen molar-refractivity contribution in [3.63, 3.8) is 0 Å². The predicted molar refractivity (Wildman–Crippen MR) is 155 cm³/mol. The van der Waals surface area contributed by atoms with Gasteiger partial charge in [0, 0.05) is 69.9 Å². The zero-order chi connectivity index (χ0) is 32.6. The van der Waals surface area contributed by atoms with E-state index in [0.29, 0.717) is 25.6 Å². The van der Waals surface area contributed by atoms with Crippen molar-refractivity contribution in [1.29, 1.82) is 5.41 Å². The summed E-state index contributed by atoms with van der Waals surface area (Å²) in [4.78, 5) is 50.1. The Labute approximate surface area is 252 Å². The van der Waals surface area contributed by atoms with Crippen LogP contribution in [0.3, 0.4) is 0 Å². The molecule has 1 unspecified atom stereocenters. The number of aromatic nitrogens is 2. The smallest absolute Gasteiger partial charge is 0.414 e. The fraction of sp³-hybridized carbons (Fsp3) is 0.429. The van der Waals surface area contributed by atoms with Crippen molar-refractivity contribution in [3.05, 3.63) is 53.9 Å². The molecule has 14 nitrogen and oxygen atoms in total. The third-order valence-corrected chi connectivity index (χ3v) is 6.24. The largest absolute Gasteiger partial charge is 0.483 e. The Kier molecular flexibility index (Phi) is 14.4. The maximum Gasteiger partial charge on any atom is 0.414 e. The predicted octanol–water partition coefficient (Wildman–Crippen LogP) is 1.65. The van der Waals surface area contributed by atoms with E-state index in [4.69, 9.17) is 29.6 Å². The van der Waals surface area contributed by atoms with E-state index >= 15 is 8.78 Å². The summed E-state index contributed by atoms with van der Waals surface area (Å²) >= 11 is 0. The molecule has 1 atom stereocenters. The molecule has 4 rings (SSSR count). The first-order valence-electron chi connectivity index (χ1n) is 13.6. The highest BCUT2D eigenvalue weighted by molar-refractivity contribution is 5.90. The molecule has 0 aliphatic carbocycles. The number of primary amides is 1. The van der Waals surface area contributed by atoms with Crippen LogP contribution in [0.2, 0.25) is 0 Å². The fourth-order valence-electron chi connectivity index (χ4n) is 4.34. The van der Waals surface area contributed by atoms with E-state index in [-0.39, 0.29) is 68.3 Å². The van der Waals surface area contributed by atoms with Crippen molar-refractivity contribution in [3.8, 4) is 0 Å². The molecule has 2 aliphatic heterocycles. The van der Waals surface area contributed by atoms with E-state index in [2.05, 4.69) is 10.7 Å². The zero-order valence-electron chi connectivity index (χ0n) is 24.5. The van der Waals surface area contributed by atoms with Crippen molar-refractivity contribution in [2.75, 3.05) is 55.7 Å². The minimum Gasteiger partial charge on any atom is -0.483 e. The Morgan fingerprint density at radius 1 is 1.23 bits per heavy atom. The van der Waals surface area contributed by atoms with Gasteiger partial charge >= 0.3 is 6.09 Å². The number of hydrogen-bond donors (Lipinski definition) is 3. The molecule has 0 spiro atoms. The SMILES string of the molecule is CC(C)COCC1CN(c2cc(F)c(N3CCN(C(=O)C/C=C/n4ccncc4=N)CC3)c(F)c2)C(=O)O1.NC=O.O=CO. The number of anilines is 2. The number of carboxylic acid groups (broad SMARTS) is 1. The molecule has 1 aromatic carbocycles. The van der Waals surface area contributed by atoms with Crippen LogP contribution in [0.5, 0.6) is 0 Å². The lowest BCUT2D eigenvalue weighted by Crippen LogP contribution is -2.49. The Morgan fingerprint density at radius 3 is 2.41 bits per heavy atom. The van der Waals surface area contributed by atoms with Crippen molar-refractivity contribution >= 4 is 42.5 Å². The monoisotopic (exact) mass is 621 g/mol. The number of rotatable bonds is 9. The summed E-state index contributed by atoms with van der Waals surface area (Å²) in [5, 5.41) is 14.7. The first kappa shape index (κ1) is 35.3. The molecule has 2 aliphatic rings. The molecule has 2 fully saturated rings. The van der Waals surface area contributed by atoms with Gasteiger partial charge in [0.1, 0.15) is 17.3 Å². The number of halogens is 2. The van der Waals surface area contributed by atoms with Crippen molar-refractivity contribution < 1.29 is 42.5 Å². The van der Waals surface area contributed by atoms with Crippen LogP contribution >= 0.6 is 0 Å². The van der Waals surface area contributed by atoms with Crippen LogP contribution < -0.4 is 21.0 Å². The lowest BCUT2D eigenvalue weighted by atomic mass is 10.2. The van der Waals surface area contributed by atoms with Crippen molar-refractivity contribution in [1.82, 2.24) is 14.5 Å². The average molecular weight is 622 g/mol. The molecular formula is C28H37F2N7O7. The topological polar surface area (TPSA) is 184 Å². The second kappa shape index (κ2) is 17.9. The van der Waals surface area contributed by atoms with Crippen LogP contribution in [0.15, 0.2) is 36.8 Å². The van der Waals surface area contributed by atoms with Gasteiger partial charge in [-0.25, -0.2) is 13.6 Å². The number of carbonyl (C=O) groups is 4. The van der Waals surface area contributed by atoms with Crippen LogP contribution in [-0.4, -0.2) is 96.5 Å². The third kappa shape index (κ3) is 10.4. The molecule has 240 valence electrons. The van der Waals surface area contributed by atoms with Crippen LogP contribution in [0.25, 0.3) is 6.20 Å². The number of cyclic esters (lactones) is 1. The summed E-state index contributed by atoms with van der Waals surface area (Å²) in [5.74, 6) is -1.34. The van der Waals surface area contributed by atoms with Gasteiger partial charge in [-0.15, -0.1) is 0 Å². The molecule has 4 N–H and O–H groups in total. The molecule has 2 saturated heterocycles. The van der Waals surface area contributed by atoms with Crippen LogP contribution in [0.4, 0.5) is 25.0 Å². The van der Waals surface area contributed by atoms with Gasteiger partial charge < -0.3 is 34.7 Å². The number of carbonyl (C=O) groups excluding carboxylic acids is 3. The van der Waals surface area contributed by atoms with Crippen LogP contribution in [0.1, 0.15) is 20.3 Å². The second-order valence-corrected chi connectivity index (χ2v) is 9.87. The van der Waals surface area contributed by atoms with Gasteiger partial charge in [0.05, 0.1) is 25.0 Å². The molecular weight excluding hydrogens is 584 g/mol. The van der Waals surface area contributed by atoms with Crippen LogP contribution in [-0.2, 0) is 23.9 Å². The van der Waals surface area contributed by atoms with Crippen LogP contribution in [0, 0.1) is 23.0 Å². The summed E-state index contributed by atoms with van der Waals surface area (Å²) in [7, 11) is 0. The molecule has 3 heterocycles. The summed E-state index contributed by atoms with van der Waals surface area (Å²) in [6, 6.07) is 2.27. The molecule has 0 saturated carbocycles. The van der Waals surface area contributed by atoms with E-state index in [1.165, 1.54) is 15.7 Å². The number of piperazine rings is 1. The first-order chi connectivity index (χ1) is 21.1. The maximum atomic E-state index is 15.1. The lowest BCUT2D eigenvalue weighted by molar-refractivity contribution is -0.130. The van der Waals surface area contributed by atoms with Gasteiger partial charge in [-0.1, -0.05) is 19.9 Å². The van der Waals surface area contributed by atoms with E-state index in [1.807, 2.05) is 13.8 Å². The quantitative estimate of drug-likeness (QED) is 0.350. The first-order valence-corrected chi connectivity index (χ1v) is 13.6. The van der Waals surface area contributed by atoms with Crippen molar-refractivity contribution in [2.45, 2.75) is 26.4 Å². The number of nitrogens with one attached hydrogen (secondary N) is 1. The van der Waals surface area contributed by atoms with Crippen molar-refractivity contribution in [2.24, 2.45) is 11.7 Å². The summed E-state index contributed by atoms with van der Waals surface area (Å²) in [5.41, 5.74) is 4.27. The Bertz CT molecular complexity index is 1320. The highest BCUT2D eigenvalue weighted by Gasteiger charge is 2.34. The van der Waals surface area contributed by atoms with Gasteiger partial charge in [-0.2, -0.15) is 0 Å². The molecule has 44 heavy (non-hydrogen) atoms. The minimum absolute atomic E-state index is 0.0867. The Balaban J connectivity index is 0.00000104. The summed E-state index contributed by atoms with van der Waals surface area (Å²) in [6.45, 7) is 5.82. The van der Waals surface area contributed by atoms with E-state index < -0.39 is 23.8 Å². The number of ether oxygens (including phenoxy) is 2. The average Bonchev–Trinajstić information content (AvgIpc) is 3.34. The fourth-order valence-corrected chi connectivity index (χ4v) is 4.34. The number of hydrogen-bond acceptors (Lipinski definition) is 9. The second-order valence-electron chi connectivity index (χ2n) is 9.87. The highest BCUT2D eigenvalue weighted by atomic mass is 19.1. The van der Waals surface area contributed by atoms with E-state index in [9.17, 15) is 9.59 Å². The minimum atomic E-state index is -0.782. The normalized spacial score (nSPS) is 16.2. The number of nitrogens with zero attached hydrogens (tertiary/aromatic N) is 5. The van der Waals surface area contributed by atoms with Gasteiger partial charge in [0.15, 0.2) is 11.6 Å². The molecule has 1 aromatic heterocycles. The van der Waals surface area contributed by atoms with Gasteiger partial charge in [0.25, 0.3) is 6.47 Å². The Morgan fingerprint density at radius 2 is 1.84 bits per heavy atom. The Hall–Kier alpha value is -4.86. The van der Waals surface area contributed by atoms with Gasteiger partial charge in [0.2, 0.25) is 12.3 Å². The molecule has 0 radical (unpaired) electrons. The molecule has 16 heteroatoms. The summed E-state index contributed by atoms with van der Waals surface area (Å²) in [6.07, 6.45) is 7.06. The number of benzene rings is 1. The zero-order valence-corrected chi connectivity index (χ0v) is 24.5. The lowest BCUT2D eigenvalue weighted by Gasteiger charge is -2.36. The molecule has 3 amide bonds. The van der Waals surface area contributed by atoms with Gasteiger partial charge in [-0.05, 0) is 5.92 Å². The molecule has 0 bridgehead atoms. The highest BCUT2D eigenvalue weighted by Crippen LogP contribution is 2.31. The van der Waals surface area contributed by atoms with E-state index in [0.717, 1.165) is 12.1 Å². The maximum absolute atomic E-state index is 15.1. The number of nitrogens with two attached hydrogens (primary N) is 1. The third-order valence-electron chi connectivity index (χ3n) is 6.24.